The number of amides is 2. The van der Waals surface area contributed by atoms with E-state index in [1.54, 1.807) is 27.7 Å². The van der Waals surface area contributed by atoms with E-state index in [2.05, 4.69) is 15.2 Å². The number of aromatic nitrogens is 5. The van der Waals surface area contributed by atoms with Gasteiger partial charge >= 0.3 is 0 Å². The van der Waals surface area contributed by atoms with Crippen LogP contribution in [-0.2, 0) is 18.9 Å². The van der Waals surface area contributed by atoms with Gasteiger partial charge in [-0.25, -0.2) is 4.98 Å². The second kappa shape index (κ2) is 5.68. The quantitative estimate of drug-likeness (QED) is 0.777. The SMILES string of the molecule is Cn1cc(N2CC[C@]3(CCCN(C(=O)c4ncn(C)n4)C3)C2=O)cn1. The fourth-order valence-electron chi connectivity index (χ4n) is 3.88. The first kappa shape index (κ1) is 15.8. The molecule has 2 aliphatic heterocycles. The van der Waals surface area contributed by atoms with Crippen LogP contribution in [0.25, 0.3) is 0 Å². The van der Waals surface area contributed by atoms with Gasteiger partial charge in [-0.05, 0) is 19.3 Å². The lowest BCUT2D eigenvalue weighted by atomic mass is 9.78. The van der Waals surface area contributed by atoms with Crippen molar-refractivity contribution in [3.63, 3.8) is 0 Å². The Hall–Kier alpha value is -2.71. The van der Waals surface area contributed by atoms with Gasteiger partial charge in [0, 0.05) is 39.9 Å². The summed E-state index contributed by atoms with van der Waals surface area (Å²) in [5, 5.41) is 8.25. The molecule has 0 N–H and O–H groups in total. The van der Waals surface area contributed by atoms with E-state index < -0.39 is 5.41 Å². The summed E-state index contributed by atoms with van der Waals surface area (Å²) in [6.45, 7) is 1.73. The van der Waals surface area contributed by atoms with Crippen LogP contribution in [0.15, 0.2) is 18.7 Å². The average molecular weight is 343 g/mol. The Bertz CT molecular complexity index is 826. The van der Waals surface area contributed by atoms with E-state index in [4.69, 9.17) is 0 Å². The van der Waals surface area contributed by atoms with Crippen molar-refractivity contribution >= 4 is 17.5 Å². The number of hydrogen-bond donors (Lipinski definition) is 0. The van der Waals surface area contributed by atoms with E-state index in [1.807, 2.05) is 13.2 Å². The summed E-state index contributed by atoms with van der Waals surface area (Å²) >= 11 is 0. The Morgan fingerprint density at radius 2 is 2.04 bits per heavy atom. The molecule has 4 heterocycles. The van der Waals surface area contributed by atoms with Gasteiger partial charge in [0.2, 0.25) is 11.7 Å². The molecule has 0 unspecified atom stereocenters. The van der Waals surface area contributed by atoms with Crippen LogP contribution in [0.3, 0.4) is 0 Å². The molecule has 0 radical (unpaired) electrons. The lowest BCUT2D eigenvalue weighted by Crippen LogP contribution is -2.50. The zero-order valence-corrected chi connectivity index (χ0v) is 14.4. The molecule has 0 saturated carbocycles. The number of likely N-dealkylation sites (tertiary alicyclic amines) is 1. The maximum Gasteiger partial charge on any atom is 0.293 e. The van der Waals surface area contributed by atoms with Gasteiger partial charge in [-0.15, -0.1) is 5.10 Å². The van der Waals surface area contributed by atoms with Crippen LogP contribution in [0.5, 0.6) is 0 Å². The number of hydrogen-bond acceptors (Lipinski definition) is 5. The second-order valence-corrected chi connectivity index (χ2v) is 6.93. The molecular formula is C16H21N7O2. The first-order chi connectivity index (χ1) is 12.0. The van der Waals surface area contributed by atoms with Gasteiger partial charge in [-0.3, -0.25) is 19.0 Å². The average Bonchev–Trinajstić information content (AvgIpc) is 3.29. The van der Waals surface area contributed by atoms with Gasteiger partial charge in [0.1, 0.15) is 6.33 Å². The molecule has 2 saturated heterocycles. The third-order valence-electron chi connectivity index (χ3n) is 5.17. The summed E-state index contributed by atoms with van der Waals surface area (Å²) < 4.78 is 3.20. The minimum atomic E-state index is -0.501. The molecule has 0 aliphatic carbocycles. The van der Waals surface area contributed by atoms with Crippen molar-refractivity contribution in [2.75, 3.05) is 24.5 Å². The van der Waals surface area contributed by atoms with Crippen molar-refractivity contribution in [1.29, 1.82) is 0 Å². The van der Waals surface area contributed by atoms with Crippen LogP contribution in [0, 0.1) is 5.41 Å². The molecule has 2 fully saturated rings. The van der Waals surface area contributed by atoms with Crippen LogP contribution in [-0.4, -0.2) is 60.9 Å². The monoisotopic (exact) mass is 343 g/mol. The fourth-order valence-corrected chi connectivity index (χ4v) is 3.88. The molecule has 9 heteroatoms. The van der Waals surface area contributed by atoms with E-state index in [-0.39, 0.29) is 17.6 Å². The molecule has 2 amide bonds. The molecule has 1 atom stereocenters. The number of carbonyl (C=O) groups is 2. The Labute approximate surface area is 145 Å². The molecule has 1 spiro atoms. The van der Waals surface area contributed by atoms with Gasteiger partial charge in [0.15, 0.2) is 0 Å². The first-order valence-electron chi connectivity index (χ1n) is 8.44. The third kappa shape index (κ3) is 2.59. The highest BCUT2D eigenvalue weighted by molar-refractivity contribution is 6.00. The molecule has 0 bridgehead atoms. The minimum absolute atomic E-state index is 0.0898. The number of anilines is 1. The number of carbonyl (C=O) groups excluding carboxylic acids is 2. The Morgan fingerprint density at radius 1 is 1.20 bits per heavy atom. The predicted octanol–water partition coefficient (Wildman–Crippen LogP) is 0.208. The minimum Gasteiger partial charge on any atom is -0.335 e. The van der Waals surface area contributed by atoms with Gasteiger partial charge in [0.05, 0.1) is 17.3 Å². The van der Waals surface area contributed by atoms with Gasteiger partial charge < -0.3 is 9.80 Å². The highest BCUT2D eigenvalue weighted by atomic mass is 16.2. The van der Waals surface area contributed by atoms with Crippen LogP contribution < -0.4 is 4.90 Å². The van der Waals surface area contributed by atoms with Crippen molar-refractivity contribution in [3.05, 3.63) is 24.5 Å². The van der Waals surface area contributed by atoms with E-state index in [9.17, 15) is 9.59 Å². The number of aryl methyl sites for hydroxylation is 2. The van der Waals surface area contributed by atoms with Crippen LogP contribution >= 0.6 is 0 Å². The third-order valence-corrected chi connectivity index (χ3v) is 5.17. The standard InChI is InChI=1S/C16H21N7O2/c1-20-9-12(8-18-20)23-7-5-16(15(23)25)4-3-6-22(10-16)14(24)13-17-11-21(2)19-13/h8-9,11H,3-7,10H2,1-2H3/t16-/m0/s1. The zero-order chi connectivity index (χ0) is 17.6. The summed E-state index contributed by atoms with van der Waals surface area (Å²) in [6, 6.07) is 0. The molecular weight excluding hydrogens is 322 g/mol. The maximum absolute atomic E-state index is 13.1. The lowest BCUT2D eigenvalue weighted by Gasteiger charge is -2.38. The van der Waals surface area contributed by atoms with Gasteiger partial charge in [0.25, 0.3) is 5.91 Å². The first-order valence-corrected chi connectivity index (χ1v) is 8.44. The molecule has 2 aromatic rings. The van der Waals surface area contributed by atoms with Gasteiger partial charge in [-0.1, -0.05) is 0 Å². The molecule has 2 aliphatic rings. The molecule has 9 nitrogen and oxygen atoms in total. The summed E-state index contributed by atoms with van der Waals surface area (Å²) in [7, 11) is 3.56. The van der Waals surface area contributed by atoms with Crippen molar-refractivity contribution in [3.8, 4) is 0 Å². The number of piperidine rings is 1. The Kier molecular flexibility index (Phi) is 3.59. The Morgan fingerprint density at radius 3 is 2.72 bits per heavy atom. The molecule has 25 heavy (non-hydrogen) atoms. The lowest BCUT2D eigenvalue weighted by molar-refractivity contribution is -0.127. The predicted molar refractivity (Wildman–Crippen MR) is 88.8 cm³/mol. The molecule has 132 valence electrons. The van der Waals surface area contributed by atoms with Gasteiger partial charge in [-0.2, -0.15) is 5.10 Å². The topological polar surface area (TPSA) is 89.2 Å². The fraction of sp³-hybridized carbons (Fsp3) is 0.562. The highest BCUT2D eigenvalue weighted by Gasteiger charge is 2.50. The van der Waals surface area contributed by atoms with Crippen LogP contribution in [0.2, 0.25) is 0 Å². The van der Waals surface area contributed by atoms with E-state index >= 15 is 0 Å². The summed E-state index contributed by atoms with van der Waals surface area (Å²) in [5.74, 6) is 0.0772. The van der Waals surface area contributed by atoms with Crippen molar-refractivity contribution < 1.29 is 9.59 Å². The van der Waals surface area contributed by atoms with Crippen LogP contribution in [0.4, 0.5) is 5.69 Å². The van der Waals surface area contributed by atoms with Crippen LogP contribution in [0.1, 0.15) is 29.9 Å². The largest absolute Gasteiger partial charge is 0.335 e. The van der Waals surface area contributed by atoms with E-state index in [1.165, 1.54) is 11.0 Å². The van der Waals surface area contributed by atoms with Crippen molar-refractivity contribution in [1.82, 2.24) is 29.4 Å². The summed E-state index contributed by atoms with van der Waals surface area (Å²) in [6.07, 6.45) is 7.44. The van der Waals surface area contributed by atoms with Crippen molar-refractivity contribution in [2.24, 2.45) is 19.5 Å². The molecule has 0 aromatic carbocycles. The van der Waals surface area contributed by atoms with E-state index in [0.717, 1.165) is 24.9 Å². The number of nitrogens with zero attached hydrogens (tertiary/aromatic N) is 7. The van der Waals surface area contributed by atoms with Crippen molar-refractivity contribution in [2.45, 2.75) is 19.3 Å². The zero-order valence-electron chi connectivity index (χ0n) is 14.4. The second-order valence-electron chi connectivity index (χ2n) is 6.93. The Balaban J connectivity index is 1.54. The maximum atomic E-state index is 13.1. The smallest absolute Gasteiger partial charge is 0.293 e. The summed E-state index contributed by atoms with van der Waals surface area (Å²) in [4.78, 5) is 33.3. The highest BCUT2D eigenvalue weighted by Crippen LogP contribution is 2.41. The summed E-state index contributed by atoms with van der Waals surface area (Å²) in [5.41, 5.74) is 0.317. The number of rotatable bonds is 2. The van der Waals surface area contributed by atoms with E-state index in [0.29, 0.717) is 19.6 Å². The molecule has 4 rings (SSSR count). The molecule has 2 aromatic heterocycles. The normalized spacial score (nSPS) is 23.7.